The van der Waals surface area contributed by atoms with Crippen LogP contribution in [0.2, 0.25) is 0 Å². The average Bonchev–Trinajstić information content (AvgIpc) is 3.51. The van der Waals surface area contributed by atoms with Gasteiger partial charge in [-0.2, -0.15) is 0 Å². The molecular weight excluding hydrogens is 1340 g/mol. The van der Waals surface area contributed by atoms with Crippen LogP contribution in [0, 0.1) is 27.4 Å². The van der Waals surface area contributed by atoms with E-state index in [9.17, 15) is 29.8 Å². The Bertz CT molecular complexity index is 2730. The number of hydrogen-bond acceptors (Lipinski definition) is 19. The first-order valence-corrected chi connectivity index (χ1v) is 29.5. The van der Waals surface area contributed by atoms with E-state index in [4.69, 9.17) is 30.4 Å². The van der Waals surface area contributed by atoms with Gasteiger partial charge in [-0.1, -0.05) is 64.5 Å². The summed E-state index contributed by atoms with van der Waals surface area (Å²) in [5.74, 6) is -1.50. The molecule has 0 amide bonds. The molecule has 0 saturated carbocycles. The van der Waals surface area contributed by atoms with Crippen molar-refractivity contribution in [2.24, 2.45) is 0 Å². The second kappa shape index (κ2) is 36.9. The van der Waals surface area contributed by atoms with Gasteiger partial charge in [-0.25, -0.2) is 9.59 Å². The van der Waals surface area contributed by atoms with Gasteiger partial charge in [0.05, 0.1) is 82.6 Å². The molecule has 5 N–H and O–H groups in total. The molecule has 0 aromatic heterocycles. The Kier molecular flexibility index (Phi) is 30.3. The van der Waals surface area contributed by atoms with E-state index in [2.05, 4.69) is 126 Å². The summed E-state index contributed by atoms with van der Waals surface area (Å²) in [4.78, 5) is 52.6. The molecule has 81 heavy (non-hydrogen) atoms. The number of alkyl halides is 1. The SMILES string of the molecule is COC(=O)C(=CNc1ccc(CN2CCOCC2)cc1I)C(=O)OC.Nc1ccc(CN2CCOCC2)cc1.Nc1ccc(CN2CCOCC2)cc1I.O=[N+]([O-])c1ccc(CBr)cc1.O=[N+]([O-])c1ccc(CN2CCOCC2)cc1. The van der Waals surface area contributed by atoms with E-state index in [1.54, 1.807) is 24.3 Å². The van der Waals surface area contributed by atoms with Crippen molar-refractivity contribution in [1.82, 2.24) is 19.6 Å². The lowest BCUT2D eigenvalue weighted by atomic mass is 10.2. The Balaban J connectivity index is 0.000000191. The third kappa shape index (κ3) is 24.9. The summed E-state index contributed by atoms with van der Waals surface area (Å²) in [5.41, 5.74) is 20.0. The summed E-state index contributed by atoms with van der Waals surface area (Å²) >= 11 is 7.74. The predicted molar refractivity (Wildman–Crippen MR) is 333 cm³/mol. The molecule has 4 saturated heterocycles. The van der Waals surface area contributed by atoms with Crippen LogP contribution in [0.5, 0.6) is 0 Å². The van der Waals surface area contributed by atoms with Crippen molar-refractivity contribution >= 4 is 101 Å². The fraction of sp³-hybridized carbons (Fsp3) is 0.404. The Labute approximate surface area is 509 Å². The number of ether oxygens (including phenoxy) is 6. The second-order valence-electron chi connectivity index (χ2n) is 18.6. The van der Waals surface area contributed by atoms with Gasteiger partial charge in [0.15, 0.2) is 5.57 Å². The van der Waals surface area contributed by atoms with Crippen molar-refractivity contribution in [3.05, 3.63) is 176 Å². The number of benzene rings is 5. The van der Waals surface area contributed by atoms with Crippen LogP contribution in [0.4, 0.5) is 28.4 Å². The van der Waals surface area contributed by atoms with E-state index in [-0.39, 0.29) is 21.9 Å². The molecule has 0 unspecified atom stereocenters. The number of methoxy groups -OCH3 is 2. The van der Waals surface area contributed by atoms with E-state index in [1.165, 1.54) is 49.2 Å². The number of anilines is 3. The molecule has 5 aromatic rings. The van der Waals surface area contributed by atoms with Gasteiger partial charge in [0, 0.05) is 133 Å². The van der Waals surface area contributed by atoms with Gasteiger partial charge in [-0.05, 0) is 109 Å². The molecule has 0 spiro atoms. The minimum atomic E-state index is -0.752. The summed E-state index contributed by atoms with van der Waals surface area (Å²) in [7, 11) is 2.42. The number of halogens is 3. The standard InChI is InChI=1S/C17H21IN2O5.C11H15IN2O.C11H14N2O3.C11H16N2O.C7H6BrNO2/c1-23-16(21)13(17(22)24-2)10-19-15-4-3-12(9-14(15)18)11-20-5-7-25-8-6-20;12-10-7-9(1-2-11(10)13)8-14-3-5-15-6-4-14;14-13(15)11-3-1-10(2-4-11)9-12-5-7-16-8-6-12;12-11-3-1-10(2-4-11)9-13-5-7-14-8-6-13;8-5-6-1-3-7(4-2-6)9(10)11/h3-4,9-10,19H,5-8,11H2,1-2H3;1-2,7H,3-6,8,13H2;1-4H,5-9H2;1-4H,5-9,12H2;1-4H,5H2. The van der Waals surface area contributed by atoms with E-state index in [0.29, 0.717) is 0 Å². The zero-order chi connectivity index (χ0) is 58.4. The van der Waals surface area contributed by atoms with Crippen LogP contribution < -0.4 is 16.8 Å². The highest BCUT2D eigenvalue weighted by Crippen LogP contribution is 2.23. The maximum atomic E-state index is 11.6. The molecule has 0 radical (unpaired) electrons. The first-order chi connectivity index (χ1) is 39.1. The Hall–Kier alpha value is -5.40. The number of nitrogens with two attached hydrogens (primary N) is 2. The van der Waals surface area contributed by atoms with E-state index in [1.807, 2.05) is 42.5 Å². The zero-order valence-corrected chi connectivity index (χ0v) is 51.6. The molecule has 0 atom stereocenters. The third-order valence-corrected chi connectivity index (χ3v) is 15.2. The van der Waals surface area contributed by atoms with E-state index < -0.39 is 16.9 Å². The molecule has 24 heteroatoms. The lowest BCUT2D eigenvalue weighted by Gasteiger charge is -2.26. The number of morpholine rings is 4. The van der Waals surface area contributed by atoms with Crippen LogP contribution in [0.15, 0.2) is 121 Å². The molecule has 4 aliphatic rings. The lowest BCUT2D eigenvalue weighted by Crippen LogP contribution is -2.35. The van der Waals surface area contributed by atoms with Crippen molar-refractivity contribution in [3.63, 3.8) is 0 Å². The van der Waals surface area contributed by atoms with Crippen molar-refractivity contribution in [2.75, 3.05) is 136 Å². The predicted octanol–water partition coefficient (Wildman–Crippen LogP) is 8.49. The fourth-order valence-corrected chi connectivity index (χ4v) is 9.83. The van der Waals surface area contributed by atoms with Gasteiger partial charge in [-0.15, -0.1) is 0 Å². The van der Waals surface area contributed by atoms with Gasteiger partial charge >= 0.3 is 11.9 Å². The maximum absolute atomic E-state index is 11.6. The number of esters is 2. The number of nitro groups is 2. The molecular formula is C57H72BrI2N9O12. The van der Waals surface area contributed by atoms with Crippen molar-refractivity contribution in [1.29, 1.82) is 0 Å². The number of nitrogen functional groups attached to an aromatic ring is 2. The van der Waals surface area contributed by atoms with Crippen molar-refractivity contribution < 1.29 is 47.9 Å². The quantitative estimate of drug-likeness (QED) is 0.0102. The second-order valence-corrected chi connectivity index (χ2v) is 21.5. The zero-order valence-electron chi connectivity index (χ0n) is 45.7. The molecule has 438 valence electrons. The molecule has 21 nitrogen and oxygen atoms in total. The monoisotopic (exact) mass is 1410 g/mol. The normalized spacial score (nSPS) is 15.7. The van der Waals surface area contributed by atoms with Crippen LogP contribution in [-0.2, 0) is 69.5 Å². The highest BCUT2D eigenvalue weighted by atomic mass is 127. The lowest BCUT2D eigenvalue weighted by molar-refractivity contribution is -0.385. The first kappa shape index (κ1) is 66.4. The summed E-state index contributed by atoms with van der Waals surface area (Å²) in [6, 6.07) is 33.5. The number of hydrogen-bond donors (Lipinski definition) is 3. The first-order valence-electron chi connectivity index (χ1n) is 26.2. The van der Waals surface area contributed by atoms with Gasteiger partial charge in [-0.3, -0.25) is 39.8 Å². The summed E-state index contributed by atoms with van der Waals surface area (Å²) in [6.45, 7) is 18.0. The van der Waals surface area contributed by atoms with E-state index >= 15 is 0 Å². The van der Waals surface area contributed by atoms with Gasteiger partial charge in [0.1, 0.15) is 0 Å². The molecule has 5 aromatic carbocycles. The van der Waals surface area contributed by atoms with Crippen molar-refractivity contribution in [3.8, 4) is 0 Å². The topological polar surface area (TPSA) is 253 Å². The Morgan fingerprint density at radius 3 is 1.22 bits per heavy atom. The fourth-order valence-electron chi connectivity index (χ4n) is 8.14. The highest BCUT2D eigenvalue weighted by Gasteiger charge is 2.20. The summed E-state index contributed by atoms with van der Waals surface area (Å²) in [5, 5.41) is 24.4. The van der Waals surface area contributed by atoms with Crippen LogP contribution >= 0.6 is 61.1 Å². The Morgan fingerprint density at radius 1 is 0.543 bits per heavy atom. The Morgan fingerprint density at radius 2 is 0.877 bits per heavy atom. The van der Waals surface area contributed by atoms with Crippen LogP contribution in [-0.4, -0.2) is 161 Å². The van der Waals surface area contributed by atoms with E-state index in [0.717, 1.165) is 172 Å². The number of nitrogens with one attached hydrogen (secondary N) is 1. The number of nitro benzene ring substituents is 2. The minimum Gasteiger partial charge on any atom is -0.465 e. The smallest absolute Gasteiger partial charge is 0.346 e. The molecule has 4 aliphatic heterocycles. The third-order valence-electron chi connectivity index (χ3n) is 12.7. The van der Waals surface area contributed by atoms with Crippen LogP contribution in [0.25, 0.3) is 0 Å². The summed E-state index contributed by atoms with van der Waals surface area (Å²) < 4.78 is 32.5. The highest BCUT2D eigenvalue weighted by molar-refractivity contribution is 14.1. The number of nitrogens with zero attached hydrogens (tertiary/aromatic N) is 6. The molecule has 0 aliphatic carbocycles. The number of rotatable bonds is 15. The molecule has 0 bridgehead atoms. The molecule has 9 rings (SSSR count). The number of carbonyl (C=O) groups is 2. The van der Waals surface area contributed by atoms with Crippen molar-refractivity contribution in [2.45, 2.75) is 31.5 Å². The largest absolute Gasteiger partial charge is 0.465 e. The van der Waals surface area contributed by atoms with Crippen LogP contribution in [0.1, 0.15) is 27.8 Å². The number of non-ortho nitro benzene ring substituents is 2. The maximum Gasteiger partial charge on any atom is 0.346 e. The van der Waals surface area contributed by atoms with Gasteiger partial charge in [0.2, 0.25) is 0 Å². The van der Waals surface area contributed by atoms with Gasteiger partial charge < -0.3 is 45.2 Å². The average molecular weight is 1410 g/mol. The van der Waals surface area contributed by atoms with Crippen LogP contribution in [0.3, 0.4) is 0 Å². The number of carbonyl (C=O) groups excluding carboxylic acids is 2. The molecule has 4 heterocycles. The minimum absolute atomic E-state index is 0.134. The summed E-state index contributed by atoms with van der Waals surface area (Å²) in [6.07, 6.45) is 1.30. The molecule has 4 fully saturated rings. The van der Waals surface area contributed by atoms with Gasteiger partial charge in [0.25, 0.3) is 11.4 Å².